The molecule has 1 aromatic carbocycles. The molecule has 14 heavy (non-hydrogen) atoms. The SMILES string of the molecule is NC(c1ccc(Cl)c(Cl)c1)C1CNC1. The van der Waals surface area contributed by atoms with Crippen molar-refractivity contribution in [3.8, 4) is 0 Å². The van der Waals surface area contributed by atoms with Crippen molar-refractivity contribution in [1.29, 1.82) is 0 Å². The lowest BCUT2D eigenvalue weighted by Gasteiger charge is -2.32. The lowest BCUT2D eigenvalue weighted by molar-refractivity contribution is 0.295. The van der Waals surface area contributed by atoms with E-state index >= 15 is 0 Å². The van der Waals surface area contributed by atoms with Crippen molar-refractivity contribution in [2.24, 2.45) is 11.7 Å². The Kier molecular flexibility index (Phi) is 2.98. The maximum Gasteiger partial charge on any atom is 0.0595 e. The van der Waals surface area contributed by atoms with Gasteiger partial charge >= 0.3 is 0 Å². The molecule has 4 heteroatoms. The van der Waals surface area contributed by atoms with Crippen LogP contribution in [0.1, 0.15) is 11.6 Å². The molecule has 76 valence electrons. The molecule has 0 bridgehead atoms. The van der Waals surface area contributed by atoms with E-state index in [4.69, 9.17) is 28.9 Å². The molecule has 0 aromatic heterocycles. The highest BCUT2D eigenvalue weighted by Gasteiger charge is 2.25. The average Bonchev–Trinajstić information content (AvgIpc) is 2.06. The Balaban J connectivity index is 2.18. The van der Waals surface area contributed by atoms with Gasteiger partial charge in [-0.15, -0.1) is 0 Å². The van der Waals surface area contributed by atoms with Gasteiger partial charge < -0.3 is 11.1 Å². The fourth-order valence-electron chi connectivity index (χ4n) is 1.56. The third kappa shape index (κ3) is 1.89. The fraction of sp³-hybridized carbons (Fsp3) is 0.400. The third-order valence-electron chi connectivity index (χ3n) is 2.65. The summed E-state index contributed by atoms with van der Waals surface area (Å²) in [5.74, 6) is 0.521. The van der Waals surface area contributed by atoms with Crippen LogP contribution >= 0.6 is 23.2 Å². The van der Waals surface area contributed by atoms with Gasteiger partial charge in [0, 0.05) is 25.0 Å². The summed E-state index contributed by atoms with van der Waals surface area (Å²) in [6, 6.07) is 5.65. The first kappa shape index (κ1) is 10.2. The quantitative estimate of drug-likeness (QED) is 0.818. The van der Waals surface area contributed by atoms with E-state index in [0.29, 0.717) is 16.0 Å². The first-order valence-corrected chi connectivity index (χ1v) is 5.35. The van der Waals surface area contributed by atoms with Gasteiger partial charge in [-0.05, 0) is 17.7 Å². The van der Waals surface area contributed by atoms with E-state index in [9.17, 15) is 0 Å². The predicted molar refractivity (Wildman–Crippen MR) is 59.8 cm³/mol. The van der Waals surface area contributed by atoms with Crippen LogP contribution in [0.2, 0.25) is 10.0 Å². The van der Waals surface area contributed by atoms with Gasteiger partial charge in [0.25, 0.3) is 0 Å². The Labute approximate surface area is 93.4 Å². The molecule has 0 aliphatic carbocycles. The van der Waals surface area contributed by atoms with Crippen molar-refractivity contribution >= 4 is 23.2 Å². The Hall–Kier alpha value is -0.280. The van der Waals surface area contributed by atoms with Crippen molar-refractivity contribution in [2.45, 2.75) is 6.04 Å². The van der Waals surface area contributed by atoms with Gasteiger partial charge in [0.1, 0.15) is 0 Å². The molecule has 1 heterocycles. The Morgan fingerprint density at radius 2 is 2.00 bits per heavy atom. The van der Waals surface area contributed by atoms with E-state index in [1.54, 1.807) is 6.07 Å². The zero-order chi connectivity index (χ0) is 10.1. The average molecular weight is 231 g/mol. The van der Waals surface area contributed by atoms with Gasteiger partial charge in [-0.2, -0.15) is 0 Å². The Morgan fingerprint density at radius 1 is 1.29 bits per heavy atom. The van der Waals surface area contributed by atoms with Gasteiger partial charge in [-0.25, -0.2) is 0 Å². The van der Waals surface area contributed by atoms with Crippen LogP contribution in [0.4, 0.5) is 0 Å². The Morgan fingerprint density at radius 3 is 2.50 bits per heavy atom. The first-order valence-electron chi connectivity index (χ1n) is 4.59. The minimum atomic E-state index is 0.0611. The van der Waals surface area contributed by atoms with Crippen LogP contribution in [-0.2, 0) is 0 Å². The molecule has 1 fully saturated rings. The topological polar surface area (TPSA) is 38.0 Å². The number of hydrogen-bond donors (Lipinski definition) is 2. The predicted octanol–water partition coefficient (Wildman–Crippen LogP) is 2.21. The molecule has 0 amide bonds. The van der Waals surface area contributed by atoms with E-state index in [-0.39, 0.29) is 6.04 Å². The smallest absolute Gasteiger partial charge is 0.0595 e. The van der Waals surface area contributed by atoms with Crippen molar-refractivity contribution < 1.29 is 0 Å². The number of benzene rings is 1. The summed E-state index contributed by atoms with van der Waals surface area (Å²) in [5.41, 5.74) is 7.14. The first-order chi connectivity index (χ1) is 6.68. The van der Waals surface area contributed by atoms with Crippen LogP contribution in [-0.4, -0.2) is 13.1 Å². The van der Waals surface area contributed by atoms with Gasteiger partial charge in [0.2, 0.25) is 0 Å². The summed E-state index contributed by atoms with van der Waals surface area (Å²) < 4.78 is 0. The summed E-state index contributed by atoms with van der Waals surface area (Å²) in [4.78, 5) is 0. The second-order valence-electron chi connectivity index (χ2n) is 3.62. The molecule has 1 aliphatic rings. The van der Waals surface area contributed by atoms with Crippen molar-refractivity contribution in [2.75, 3.05) is 13.1 Å². The molecule has 1 unspecified atom stereocenters. The molecule has 3 N–H and O–H groups in total. The second-order valence-corrected chi connectivity index (χ2v) is 4.43. The van der Waals surface area contributed by atoms with Crippen molar-refractivity contribution in [3.05, 3.63) is 33.8 Å². The van der Waals surface area contributed by atoms with Crippen molar-refractivity contribution in [1.82, 2.24) is 5.32 Å². The summed E-state index contributed by atoms with van der Waals surface area (Å²) >= 11 is 11.7. The molecule has 0 spiro atoms. The molecule has 1 atom stereocenters. The molecule has 1 aliphatic heterocycles. The van der Waals surface area contributed by atoms with Gasteiger partial charge in [0.15, 0.2) is 0 Å². The zero-order valence-electron chi connectivity index (χ0n) is 7.63. The largest absolute Gasteiger partial charge is 0.324 e. The van der Waals surface area contributed by atoms with Crippen LogP contribution in [0, 0.1) is 5.92 Å². The van der Waals surface area contributed by atoms with Gasteiger partial charge in [-0.3, -0.25) is 0 Å². The number of halogens is 2. The van der Waals surface area contributed by atoms with Gasteiger partial charge in [0.05, 0.1) is 10.0 Å². The summed E-state index contributed by atoms with van der Waals surface area (Å²) in [6.07, 6.45) is 0. The maximum absolute atomic E-state index is 6.08. The number of rotatable bonds is 2. The van der Waals surface area contributed by atoms with Crippen LogP contribution in [0.3, 0.4) is 0 Å². The summed E-state index contributed by atoms with van der Waals surface area (Å²) in [6.45, 7) is 1.98. The van der Waals surface area contributed by atoms with E-state index in [2.05, 4.69) is 5.32 Å². The highest BCUT2D eigenvalue weighted by molar-refractivity contribution is 6.42. The minimum Gasteiger partial charge on any atom is -0.324 e. The molecule has 0 radical (unpaired) electrons. The number of nitrogens with two attached hydrogens (primary N) is 1. The molecule has 2 rings (SSSR count). The lowest BCUT2D eigenvalue weighted by Crippen LogP contribution is -2.47. The standard InChI is InChI=1S/C10H12Cl2N2/c11-8-2-1-6(3-9(8)12)10(13)7-4-14-5-7/h1-3,7,10,14H,4-5,13H2. The fourth-order valence-corrected chi connectivity index (χ4v) is 1.86. The van der Waals surface area contributed by atoms with E-state index in [1.165, 1.54) is 0 Å². The monoisotopic (exact) mass is 230 g/mol. The summed E-state index contributed by atoms with van der Waals surface area (Å²) in [7, 11) is 0. The molecular weight excluding hydrogens is 219 g/mol. The van der Waals surface area contributed by atoms with E-state index in [0.717, 1.165) is 18.7 Å². The molecular formula is C10H12Cl2N2. The van der Waals surface area contributed by atoms with E-state index < -0.39 is 0 Å². The third-order valence-corrected chi connectivity index (χ3v) is 3.39. The minimum absolute atomic E-state index is 0.0611. The number of hydrogen-bond acceptors (Lipinski definition) is 2. The van der Waals surface area contributed by atoms with Crippen molar-refractivity contribution in [3.63, 3.8) is 0 Å². The maximum atomic E-state index is 6.08. The number of nitrogens with one attached hydrogen (secondary N) is 1. The van der Waals surface area contributed by atoms with Gasteiger partial charge in [-0.1, -0.05) is 29.3 Å². The highest BCUT2D eigenvalue weighted by Crippen LogP contribution is 2.28. The second kappa shape index (κ2) is 4.07. The molecule has 0 saturated carbocycles. The van der Waals surface area contributed by atoms with Crippen LogP contribution in [0.5, 0.6) is 0 Å². The van der Waals surface area contributed by atoms with Crippen LogP contribution in [0.15, 0.2) is 18.2 Å². The van der Waals surface area contributed by atoms with Crippen LogP contribution in [0.25, 0.3) is 0 Å². The molecule has 1 saturated heterocycles. The molecule has 2 nitrogen and oxygen atoms in total. The lowest BCUT2D eigenvalue weighted by atomic mass is 9.89. The summed E-state index contributed by atoms with van der Waals surface area (Å²) in [5, 5.41) is 4.35. The zero-order valence-corrected chi connectivity index (χ0v) is 9.15. The Bertz CT molecular complexity index is 337. The normalized spacial score (nSPS) is 19.1. The van der Waals surface area contributed by atoms with Crippen LogP contribution < -0.4 is 11.1 Å². The molecule has 1 aromatic rings. The highest BCUT2D eigenvalue weighted by atomic mass is 35.5. The van der Waals surface area contributed by atoms with E-state index in [1.807, 2.05) is 12.1 Å².